The van der Waals surface area contributed by atoms with Crippen LogP contribution in [0, 0.1) is 12.8 Å². The molecule has 2 N–H and O–H groups in total. The van der Waals surface area contributed by atoms with Crippen LogP contribution >= 0.6 is 11.3 Å². The van der Waals surface area contributed by atoms with Gasteiger partial charge in [-0.3, -0.25) is 9.59 Å². The van der Waals surface area contributed by atoms with E-state index in [0.29, 0.717) is 18.2 Å². The van der Waals surface area contributed by atoms with Gasteiger partial charge in [0, 0.05) is 11.3 Å². The molecule has 0 spiro atoms. The van der Waals surface area contributed by atoms with Crippen LogP contribution in [0.2, 0.25) is 0 Å². The Morgan fingerprint density at radius 2 is 2.15 bits per heavy atom. The van der Waals surface area contributed by atoms with Crippen LogP contribution in [0.1, 0.15) is 72.0 Å². The second kappa shape index (κ2) is 7.99. The first-order chi connectivity index (χ1) is 12.5. The second-order valence-electron chi connectivity index (χ2n) is 6.58. The van der Waals surface area contributed by atoms with Gasteiger partial charge in [-0.15, -0.1) is 11.3 Å². The van der Waals surface area contributed by atoms with Gasteiger partial charge < -0.3 is 15.1 Å². The van der Waals surface area contributed by atoms with Crippen LogP contribution in [0.25, 0.3) is 0 Å². The third-order valence-corrected chi connectivity index (χ3v) is 5.49. The molecule has 0 bridgehead atoms. The lowest BCUT2D eigenvalue weighted by atomic mass is 9.84. The van der Waals surface area contributed by atoms with E-state index in [9.17, 15) is 9.59 Å². The highest BCUT2D eigenvalue weighted by Gasteiger charge is 2.28. The molecule has 0 aliphatic heterocycles. The Balaban J connectivity index is 1.59. The maximum Gasteiger partial charge on any atom is 0.273 e. The number of nitrogens with one attached hydrogen (secondary N) is 2. The fourth-order valence-corrected chi connectivity index (χ4v) is 3.53. The smallest absolute Gasteiger partial charge is 0.273 e. The maximum atomic E-state index is 12.4. The molecule has 1 fully saturated rings. The van der Waals surface area contributed by atoms with Crippen LogP contribution in [-0.4, -0.2) is 21.8 Å². The number of aryl methyl sites for hydroxylation is 2. The molecule has 8 heteroatoms. The number of nitrogens with zero attached hydrogens (tertiary/aromatic N) is 2. The fraction of sp³-hybridized carbons (Fsp3) is 0.556. The third kappa shape index (κ3) is 4.12. The average molecular weight is 376 g/mol. The summed E-state index contributed by atoms with van der Waals surface area (Å²) in [7, 11) is 0. The molecule has 140 valence electrons. The Hall–Kier alpha value is -2.22. The van der Waals surface area contributed by atoms with Crippen molar-refractivity contribution in [1.82, 2.24) is 20.6 Å². The van der Waals surface area contributed by atoms with Gasteiger partial charge in [0.15, 0.2) is 5.69 Å². The first kappa shape index (κ1) is 18.6. The maximum absolute atomic E-state index is 12.4. The van der Waals surface area contributed by atoms with E-state index in [1.165, 1.54) is 11.3 Å². The molecule has 0 saturated heterocycles. The minimum absolute atomic E-state index is 0.0288. The molecular formula is C18H24N4O3S. The van der Waals surface area contributed by atoms with Crippen molar-refractivity contribution in [3.8, 4) is 0 Å². The van der Waals surface area contributed by atoms with E-state index in [4.69, 9.17) is 4.42 Å². The number of hydrogen-bond donors (Lipinski definition) is 2. The third-order valence-electron chi connectivity index (χ3n) is 4.60. The zero-order valence-corrected chi connectivity index (χ0v) is 16.1. The Kier molecular flexibility index (Phi) is 5.70. The zero-order valence-electron chi connectivity index (χ0n) is 15.3. The lowest BCUT2D eigenvalue weighted by Gasteiger charge is -2.25. The average Bonchev–Trinajstić information content (AvgIpc) is 3.17. The van der Waals surface area contributed by atoms with Gasteiger partial charge in [0.05, 0.1) is 12.2 Å². The topological polar surface area (TPSA) is 97.1 Å². The summed E-state index contributed by atoms with van der Waals surface area (Å²) < 4.78 is 5.60. The predicted molar refractivity (Wildman–Crippen MR) is 97.8 cm³/mol. The monoisotopic (exact) mass is 376 g/mol. The summed E-state index contributed by atoms with van der Waals surface area (Å²) in [4.78, 5) is 33.2. The van der Waals surface area contributed by atoms with Crippen molar-refractivity contribution in [2.24, 2.45) is 5.92 Å². The van der Waals surface area contributed by atoms with Crippen molar-refractivity contribution in [1.29, 1.82) is 0 Å². The molecule has 0 aromatic carbocycles. The van der Waals surface area contributed by atoms with Gasteiger partial charge in [0.1, 0.15) is 16.8 Å². The Morgan fingerprint density at radius 1 is 1.38 bits per heavy atom. The highest BCUT2D eigenvalue weighted by atomic mass is 32.1. The van der Waals surface area contributed by atoms with Crippen molar-refractivity contribution in [2.75, 3.05) is 0 Å². The number of amides is 2. The van der Waals surface area contributed by atoms with Gasteiger partial charge in [0.2, 0.25) is 11.8 Å². The minimum Gasteiger partial charge on any atom is -0.443 e. The number of carbonyl (C=O) groups is 2. The predicted octanol–water partition coefficient (Wildman–Crippen LogP) is 2.91. The quantitative estimate of drug-likeness (QED) is 0.774. The van der Waals surface area contributed by atoms with E-state index in [1.807, 2.05) is 19.2 Å². The van der Waals surface area contributed by atoms with E-state index >= 15 is 0 Å². The summed E-state index contributed by atoms with van der Waals surface area (Å²) >= 11 is 1.53. The van der Waals surface area contributed by atoms with Crippen molar-refractivity contribution >= 4 is 23.2 Å². The molecule has 2 aromatic heterocycles. The summed E-state index contributed by atoms with van der Waals surface area (Å²) in [6, 6.07) is -0.366. The van der Waals surface area contributed by atoms with E-state index in [-0.39, 0.29) is 29.5 Å². The van der Waals surface area contributed by atoms with Gasteiger partial charge in [-0.25, -0.2) is 9.97 Å². The SMILES string of the molecule is CCc1csc(CNC(=O)c2nc([C@@H](C)NC(=O)C3CCC3)oc2C)n1. The molecule has 0 unspecified atom stereocenters. The zero-order chi connectivity index (χ0) is 18.7. The van der Waals surface area contributed by atoms with Gasteiger partial charge in [-0.05, 0) is 33.1 Å². The fourth-order valence-electron chi connectivity index (χ4n) is 2.71. The lowest BCUT2D eigenvalue weighted by molar-refractivity contribution is -0.128. The normalized spacial score (nSPS) is 15.3. The Morgan fingerprint density at radius 3 is 2.77 bits per heavy atom. The highest BCUT2D eigenvalue weighted by Crippen LogP contribution is 2.27. The molecule has 26 heavy (non-hydrogen) atoms. The molecule has 2 aromatic rings. The number of thiazole rings is 1. The molecule has 0 radical (unpaired) electrons. The number of carbonyl (C=O) groups excluding carboxylic acids is 2. The van der Waals surface area contributed by atoms with Crippen LogP contribution in [0.15, 0.2) is 9.80 Å². The summed E-state index contributed by atoms with van der Waals surface area (Å²) in [6.07, 6.45) is 3.86. The van der Waals surface area contributed by atoms with Gasteiger partial charge in [-0.1, -0.05) is 13.3 Å². The van der Waals surface area contributed by atoms with Crippen LogP contribution in [-0.2, 0) is 17.8 Å². The summed E-state index contributed by atoms with van der Waals surface area (Å²) in [6.45, 7) is 5.91. The molecule has 1 saturated carbocycles. The first-order valence-corrected chi connectivity index (χ1v) is 9.85. The minimum atomic E-state index is -0.366. The molecule has 2 heterocycles. The van der Waals surface area contributed by atoms with Gasteiger partial charge in [-0.2, -0.15) is 0 Å². The van der Waals surface area contributed by atoms with Crippen LogP contribution in [0.5, 0.6) is 0 Å². The second-order valence-corrected chi connectivity index (χ2v) is 7.53. The lowest BCUT2D eigenvalue weighted by Crippen LogP contribution is -2.36. The highest BCUT2D eigenvalue weighted by molar-refractivity contribution is 7.09. The number of hydrogen-bond acceptors (Lipinski definition) is 6. The molecule has 1 aliphatic rings. The standard InChI is InChI=1S/C18H24N4O3S/c1-4-13-9-26-14(21-13)8-19-17(24)15-11(3)25-18(22-15)10(2)20-16(23)12-6-5-7-12/h9-10,12H,4-8H2,1-3H3,(H,19,24)(H,20,23)/t10-/m1/s1. The Bertz CT molecular complexity index is 794. The number of rotatable bonds is 7. The summed E-state index contributed by atoms with van der Waals surface area (Å²) in [5.41, 5.74) is 1.27. The van der Waals surface area contributed by atoms with Crippen molar-refractivity contribution in [3.05, 3.63) is 33.4 Å². The summed E-state index contributed by atoms with van der Waals surface area (Å²) in [5, 5.41) is 8.58. The van der Waals surface area contributed by atoms with Crippen molar-refractivity contribution in [2.45, 2.75) is 59.0 Å². The van der Waals surface area contributed by atoms with Crippen LogP contribution in [0.4, 0.5) is 0 Å². The molecule has 1 atom stereocenters. The molecule has 1 aliphatic carbocycles. The van der Waals surface area contributed by atoms with Crippen molar-refractivity contribution in [3.63, 3.8) is 0 Å². The van der Waals surface area contributed by atoms with Crippen molar-refractivity contribution < 1.29 is 14.0 Å². The first-order valence-electron chi connectivity index (χ1n) is 8.97. The Labute approximate surface area is 156 Å². The number of aromatic nitrogens is 2. The van der Waals surface area contributed by atoms with E-state index in [2.05, 4.69) is 20.6 Å². The largest absolute Gasteiger partial charge is 0.443 e. The number of oxazole rings is 1. The van der Waals surface area contributed by atoms with Gasteiger partial charge >= 0.3 is 0 Å². The molecule has 3 rings (SSSR count). The summed E-state index contributed by atoms with van der Waals surface area (Å²) in [5.74, 6) is 0.616. The molecule has 2 amide bonds. The van der Waals surface area contributed by atoms with E-state index in [1.54, 1.807) is 6.92 Å². The molecular weight excluding hydrogens is 352 g/mol. The van der Waals surface area contributed by atoms with Crippen LogP contribution in [0.3, 0.4) is 0 Å². The van der Waals surface area contributed by atoms with Crippen LogP contribution < -0.4 is 10.6 Å². The molecule has 7 nitrogen and oxygen atoms in total. The van der Waals surface area contributed by atoms with E-state index < -0.39 is 0 Å². The van der Waals surface area contributed by atoms with E-state index in [0.717, 1.165) is 36.4 Å². The van der Waals surface area contributed by atoms with Gasteiger partial charge in [0.25, 0.3) is 5.91 Å².